The van der Waals surface area contributed by atoms with Gasteiger partial charge in [-0.2, -0.15) is 0 Å². The first-order chi connectivity index (χ1) is 9.68. The molecule has 0 saturated carbocycles. The van der Waals surface area contributed by atoms with Gasteiger partial charge >= 0.3 is 135 Å². The molecule has 114 valence electrons. The maximum atomic E-state index is 5.99. The van der Waals surface area contributed by atoms with Crippen LogP contribution in [-0.2, 0) is 0 Å². The molecule has 0 unspecified atom stereocenters. The molecule has 3 heteroatoms. The van der Waals surface area contributed by atoms with Crippen LogP contribution in [-0.4, -0.2) is 23.4 Å². The molecule has 0 aliphatic heterocycles. The Kier molecular flexibility index (Phi) is 9.19. The number of hydrogen-bond acceptors (Lipinski definition) is 1. The van der Waals surface area contributed by atoms with Crippen molar-refractivity contribution in [3.63, 3.8) is 0 Å². The Labute approximate surface area is 134 Å². The average Bonchev–Trinajstić information content (AvgIpc) is 2.48. The number of halogens is 1. The summed E-state index contributed by atoms with van der Waals surface area (Å²) in [6.45, 7) is 6.95. The fourth-order valence-electron chi connectivity index (χ4n) is 3.04. The Balaban J connectivity index is 3.00. The Morgan fingerprint density at radius 2 is 1.40 bits per heavy atom. The van der Waals surface area contributed by atoms with Crippen molar-refractivity contribution in [2.75, 3.05) is 0 Å². The average molecular weight is 403 g/mol. The molecule has 1 nitrogen and oxygen atoms in total. The van der Waals surface area contributed by atoms with E-state index < -0.39 is 18.4 Å². The number of rotatable bonds is 10. The number of pyridine rings is 1. The standard InChI is InChI=1S/C5H3ClN.3C4H9.Sn/c6-5-3-1-2-4-7-5;3*1-3-4-2;/h1,3-4H;3*1,3-4H2,2H3;. The van der Waals surface area contributed by atoms with Crippen molar-refractivity contribution < 1.29 is 0 Å². The molecule has 0 spiro atoms. The summed E-state index contributed by atoms with van der Waals surface area (Å²) in [6.07, 6.45) is 10.2. The summed E-state index contributed by atoms with van der Waals surface area (Å²) in [5, 5.41) is 0.635. The second-order valence-corrected chi connectivity index (χ2v) is 19.6. The van der Waals surface area contributed by atoms with Crippen LogP contribution >= 0.6 is 11.6 Å². The van der Waals surface area contributed by atoms with Gasteiger partial charge in [0.25, 0.3) is 0 Å². The molecule has 0 radical (unpaired) electrons. The van der Waals surface area contributed by atoms with Gasteiger partial charge in [0, 0.05) is 0 Å². The molecule has 1 aromatic rings. The van der Waals surface area contributed by atoms with Gasteiger partial charge in [-0.1, -0.05) is 0 Å². The quantitative estimate of drug-likeness (QED) is 0.356. The van der Waals surface area contributed by atoms with E-state index in [1.165, 1.54) is 51.8 Å². The first-order valence-corrected chi connectivity index (χ1v) is 16.2. The van der Waals surface area contributed by atoms with Crippen LogP contribution in [0.2, 0.25) is 18.5 Å². The van der Waals surface area contributed by atoms with E-state index in [-0.39, 0.29) is 0 Å². The van der Waals surface area contributed by atoms with Gasteiger partial charge in [-0.15, -0.1) is 0 Å². The predicted molar refractivity (Wildman–Crippen MR) is 93.8 cm³/mol. The van der Waals surface area contributed by atoms with Gasteiger partial charge in [0.05, 0.1) is 0 Å². The van der Waals surface area contributed by atoms with Gasteiger partial charge in [0.2, 0.25) is 0 Å². The molecule has 20 heavy (non-hydrogen) atoms. The van der Waals surface area contributed by atoms with Gasteiger partial charge in [0.1, 0.15) is 0 Å². The van der Waals surface area contributed by atoms with Crippen LogP contribution in [0.5, 0.6) is 0 Å². The molecule has 0 atom stereocenters. The summed E-state index contributed by atoms with van der Waals surface area (Å²) in [7, 11) is 0. The van der Waals surface area contributed by atoms with E-state index in [1.54, 1.807) is 3.58 Å². The van der Waals surface area contributed by atoms with E-state index >= 15 is 0 Å². The van der Waals surface area contributed by atoms with Crippen molar-refractivity contribution in [1.29, 1.82) is 0 Å². The van der Waals surface area contributed by atoms with Gasteiger partial charge in [-0.05, 0) is 0 Å². The number of aromatic nitrogens is 1. The van der Waals surface area contributed by atoms with E-state index in [0.717, 1.165) is 0 Å². The third-order valence-corrected chi connectivity index (χ3v) is 20.2. The van der Waals surface area contributed by atoms with Crippen LogP contribution in [0.25, 0.3) is 0 Å². The zero-order valence-corrected chi connectivity index (χ0v) is 17.0. The van der Waals surface area contributed by atoms with Crippen LogP contribution < -0.4 is 3.58 Å². The van der Waals surface area contributed by atoms with Crippen molar-refractivity contribution >= 4 is 33.6 Å². The molecule has 1 aromatic heterocycles. The first kappa shape index (κ1) is 18.3. The number of hydrogen-bond donors (Lipinski definition) is 0. The minimum absolute atomic E-state index is 0.635. The van der Waals surface area contributed by atoms with Crippen LogP contribution in [0, 0.1) is 0 Å². The summed E-state index contributed by atoms with van der Waals surface area (Å²) >= 11 is 3.74. The van der Waals surface area contributed by atoms with Crippen molar-refractivity contribution in [2.24, 2.45) is 0 Å². The zero-order valence-electron chi connectivity index (χ0n) is 13.4. The van der Waals surface area contributed by atoms with Crippen molar-refractivity contribution in [3.8, 4) is 0 Å². The van der Waals surface area contributed by atoms with Crippen LogP contribution in [0.4, 0.5) is 0 Å². The summed E-state index contributed by atoms with van der Waals surface area (Å²) in [4.78, 5) is 4.39. The Hall–Kier alpha value is 0.239. The van der Waals surface area contributed by atoms with Gasteiger partial charge in [0.15, 0.2) is 0 Å². The topological polar surface area (TPSA) is 12.9 Å². The summed E-state index contributed by atoms with van der Waals surface area (Å²) in [5.41, 5.74) is 0. The normalized spacial score (nSPS) is 11.8. The fourth-order valence-corrected chi connectivity index (χ4v) is 18.8. The van der Waals surface area contributed by atoms with Gasteiger partial charge in [-0.25, -0.2) is 0 Å². The van der Waals surface area contributed by atoms with E-state index in [4.69, 9.17) is 11.6 Å². The van der Waals surface area contributed by atoms with E-state index in [2.05, 4.69) is 38.0 Å². The van der Waals surface area contributed by atoms with Crippen molar-refractivity contribution in [2.45, 2.75) is 72.6 Å². The molecular formula is C17H30ClNSn. The third kappa shape index (κ3) is 5.55. The fraction of sp³-hybridized carbons (Fsp3) is 0.706. The second-order valence-electron chi connectivity index (χ2n) is 5.96. The Bertz CT molecular complexity index is 342. The SMILES string of the molecule is CCC[CH2][Sn]([CH2]CCC)([CH2]CCC)[c]1ccc(Cl)nc1. The molecule has 0 aliphatic rings. The Morgan fingerprint density at radius 3 is 1.75 bits per heavy atom. The molecule has 0 N–H and O–H groups in total. The van der Waals surface area contributed by atoms with Crippen LogP contribution in [0.15, 0.2) is 18.3 Å². The van der Waals surface area contributed by atoms with Crippen LogP contribution in [0.1, 0.15) is 59.3 Å². The predicted octanol–water partition coefficient (Wildman–Crippen LogP) is 5.79. The molecule has 0 aliphatic carbocycles. The summed E-state index contributed by atoms with van der Waals surface area (Å²) in [6, 6.07) is 4.30. The molecule has 0 fully saturated rings. The van der Waals surface area contributed by atoms with E-state index in [1.807, 2.05) is 6.07 Å². The minimum atomic E-state index is -2.25. The van der Waals surface area contributed by atoms with Gasteiger partial charge < -0.3 is 0 Å². The molecule has 1 heterocycles. The molecule has 0 aromatic carbocycles. The van der Waals surface area contributed by atoms with E-state index in [9.17, 15) is 0 Å². The monoisotopic (exact) mass is 403 g/mol. The maximum absolute atomic E-state index is 5.99. The summed E-state index contributed by atoms with van der Waals surface area (Å²) in [5.74, 6) is 0. The zero-order chi connectivity index (χ0) is 14.8. The Morgan fingerprint density at radius 1 is 0.900 bits per heavy atom. The van der Waals surface area contributed by atoms with Crippen molar-refractivity contribution in [3.05, 3.63) is 23.5 Å². The first-order valence-electron chi connectivity index (χ1n) is 8.30. The third-order valence-electron chi connectivity index (χ3n) is 4.37. The number of unbranched alkanes of at least 4 members (excludes halogenated alkanes) is 3. The molecular weight excluding hydrogens is 372 g/mol. The molecule has 0 saturated heterocycles. The molecule has 0 bridgehead atoms. The van der Waals surface area contributed by atoms with E-state index in [0.29, 0.717) is 5.15 Å². The summed E-state index contributed by atoms with van der Waals surface area (Å²) < 4.78 is 6.09. The molecule has 0 amide bonds. The van der Waals surface area contributed by atoms with Crippen molar-refractivity contribution in [1.82, 2.24) is 4.98 Å². The van der Waals surface area contributed by atoms with Crippen LogP contribution in [0.3, 0.4) is 0 Å². The van der Waals surface area contributed by atoms with Gasteiger partial charge in [-0.3, -0.25) is 0 Å². The molecule has 1 rings (SSSR count). The number of nitrogens with zero attached hydrogens (tertiary/aromatic N) is 1. The second kappa shape index (κ2) is 10.0.